The summed E-state index contributed by atoms with van der Waals surface area (Å²) in [5.41, 5.74) is 1.03. The molecule has 30 heavy (non-hydrogen) atoms. The van der Waals surface area contributed by atoms with Gasteiger partial charge in [0.25, 0.3) is 0 Å². The van der Waals surface area contributed by atoms with E-state index >= 15 is 0 Å². The first kappa shape index (κ1) is 21.2. The number of carbonyl (C=O) groups excluding carboxylic acids is 2. The maximum absolute atomic E-state index is 12.9. The number of nitrogens with one attached hydrogen (secondary N) is 1. The first-order valence-electron chi connectivity index (χ1n) is 10.9. The Balaban J connectivity index is 1.44. The highest BCUT2D eigenvalue weighted by molar-refractivity contribution is 8.00. The quantitative estimate of drug-likeness (QED) is 0.715. The molecule has 2 atom stereocenters. The van der Waals surface area contributed by atoms with Crippen LogP contribution in [0.3, 0.4) is 0 Å². The van der Waals surface area contributed by atoms with E-state index < -0.39 is 0 Å². The summed E-state index contributed by atoms with van der Waals surface area (Å²) in [7, 11) is 0. The van der Waals surface area contributed by atoms with Gasteiger partial charge in [-0.3, -0.25) is 9.59 Å². The van der Waals surface area contributed by atoms with Gasteiger partial charge in [-0.2, -0.15) is 0 Å². The number of aromatic nitrogens is 1. The second-order valence-corrected chi connectivity index (χ2v) is 9.55. The Kier molecular flexibility index (Phi) is 6.68. The molecule has 162 valence electrons. The van der Waals surface area contributed by atoms with Crippen LogP contribution in [-0.4, -0.2) is 58.4 Å². The SMILES string of the molecule is C[C@H]1CN(C(=O)Cn2cc(SCC(=O)NC3CCCC3)c3ccccc32)C[C@H](C)O1. The maximum atomic E-state index is 12.9. The number of carbonyl (C=O) groups is 2. The number of nitrogens with zero attached hydrogens (tertiary/aromatic N) is 2. The molecule has 1 aliphatic carbocycles. The summed E-state index contributed by atoms with van der Waals surface area (Å²) in [5, 5.41) is 4.24. The van der Waals surface area contributed by atoms with Crippen LogP contribution in [0.4, 0.5) is 0 Å². The van der Waals surface area contributed by atoms with Crippen LogP contribution in [0.2, 0.25) is 0 Å². The van der Waals surface area contributed by atoms with E-state index in [4.69, 9.17) is 4.74 Å². The number of amides is 2. The standard InChI is InChI=1S/C23H31N3O3S/c1-16-11-26(12-17(2)29-16)23(28)14-25-13-21(19-9-5-6-10-20(19)25)30-15-22(27)24-18-7-3-4-8-18/h5-6,9-10,13,16-18H,3-4,7-8,11-12,14-15H2,1-2H3,(H,24,27)/t16-,17-/m0/s1. The number of hydrogen-bond donors (Lipinski definition) is 1. The molecule has 1 aliphatic heterocycles. The molecule has 4 rings (SSSR count). The molecule has 2 aliphatic rings. The smallest absolute Gasteiger partial charge is 0.242 e. The molecule has 6 nitrogen and oxygen atoms in total. The number of ether oxygens (including phenoxy) is 1. The van der Waals surface area contributed by atoms with Gasteiger partial charge in [0.15, 0.2) is 0 Å². The minimum absolute atomic E-state index is 0.0589. The highest BCUT2D eigenvalue weighted by Crippen LogP contribution is 2.30. The fourth-order valence-electron chi connectivity index (χ4n) is 4.57. The van der Waals surface area contributed by atoms with Crippen LogP contribution in [-0.2, 0) is 20.9 Å². The topological polar surface area (TPSA) is 63.6 Å². The molecule has 0 radical (unpaired) electrons. The number of rotatable bonds is 6. The lowest BCUT2D eigenvalue weighted by Gasteiger charge is -2.35. The molecular formula is C23H31N3O3S. The van der Waals surface area contributed by atoms with Crippen molar-refractivity contribution in [3.05, 3.63) is 30.5 Å². The van der Waals surface area contributed by atoms with Gasteiger partial charge in [0, 0.05) is 41.1 Å². The van der Waals surface area contributed by atoms with E-state index in [9.17, 15) is 9.59 Å². The highest BCUT2D eigenvalue weighted by Gasteiger charge is 2.26. The van der Waals surface area contributed by atoms with Crippen molar-refractivity contribution in [2.75, 3.05) is 18.8 Å². The van der Waals surface area contributed by atoms with E-state index in [1.807, 2.05) is 47.7 Å². The summed E-state index contributed by atoms with van der Waals surface area (Å²) in [6, 6.07) is 8.43. The van der Waals surface area contributed by atoms with Gasteiger partial charge in [0.2, 0.25) is 11.8 Å². The molecule has 2 amide bonds. The van der Waals surface area contributed by atoms with Crippen LogP contribution in [0.1, 0.15) is 39.5 Å². The van der Waals surface area contributed by atoms with E-state index in [1.165, 1.54) is 12.8 Å². The van der Waals surface area contributed by atoms with Crippen LogP contribution in [0.5, 0.6) is 0 Å². The monoisotopic (exact) mass is 429 g/mol. The lowest BCUT2D eigenvalue weighted by Crippen LogP contribution is -2.49. The van der Waals surface area contributed by atoms with Crippen LogP contribution in [0, 0.1) is 0 Å². The lowest BCUT2D eigenvalue weighted by molar-refractivity contribution is -0.143. The van der Waals surface area contributed by atoms with Gasteiger partial charge in [0.05, 0.1) is 18.0 Å². The molecule has 2 fully saturated rings. The largest absolute Gasteiger partial charge is 0.372 e. The Morgan fingerprint density at radius 2 is 1.83 bits per heavy atom. The summed E-state index contributed by atoms with van der Waals surface area (Å²) < 4.78 is 7.76. The van der Waals surface area contributed by atoms with Gasteiger partial charge >= 0.3 is 0 Å². The minimum Gasteiger partial charge on any atom is -0.372 e. The molecule has 0 bridgehead atoms. The first-order chi connectivity index (χ1) is 14.5. The van der Waals surface area contributed by atoms with Crippen LogP contribution in [0.15, 0.2) is 35.4 Å². The molecule has 1 saturated heterocycles. The van der Waals surface area contributed by atoms with Crippen LogP contribution in [0.25, 0.3) is 10.9 Å². The zero-order valence-electron chi connectivity index (χ0n) is 17.8. The van der Waals surface area contributed by atoms with Crippen molar-refractivity contribution in [2.45, 2.75) is 69.2 Å². The van der Waals surface area contributed by atoms with Crippen LogP contribution >= 0.6 is 11.8 Å². The summed E-state index contributed by atoms with van der Waals surface area (Å²) in [6.45, 7) is 5.57. The number of benzene rings is 1. The molecule has 1 saturated carbocycles. The van der Waals surface area contributed by atoms with E-state index in [0.29, 0.717) is 31.4 Å². The molecule has 1 aromatic carbocycles. The van der Waals surface area contributed by atoms with Crippen molar-refractivity contribution in [2.24, 2.45) is 0 Å². The molecule has 0 spiro atoms. The van der Waals surface area contributed by atoms with Gasteiger partial charge in [-0.05, 0) is 32.8 Å². The van der Waals surface area contributed by atoms with E-state index in [1.54, 1.807) is 11.8 Å². The second-order valence-electron chi connectivity index (χ2n) is 8.53. The van der Waals surface area contributed by atoms with Crippen molar-refractivity contribution >= 4 is 34.5 Å². The van der Waals surface area contributed by atoms with E-state index in [2.05, 4.69) is 11.4 Å². The normalized spacial score (nSPS) is 22.5. The zero-order chi connectivity index (χ0) is 21.1. The average Bonchev–Trinajstić information content (AvgIpc) is 3.34. The summed E-state index contributed by atoms with van der Waals surface area (Å²) in [6.07, 6.45) is 6.74. The van der Waals surface area contributed by atoms with Crippen molar-refractivity contribution < 1.29 is 14.3 Å². The van der Waals surface area contributed by atoms with Gasteiger partial charge in [0.1, 0.15) is 6.54 Å². The average molecular weight is 430 g/mol. The maximum Gasteiger partial charge on any atom is 0.242 e. The number of hydrogen-bond acceptors (Lipinski definition) is 4. The van der Waals surface area contributed by atoms with Gasteiger partial charge in [-0.15, -0.1) is 11.8 Å². The first-order valence-corrected chi connectivity index (χ1v) is 11.9. The lowest BCUT2D eigenvalue weighted by atomic mass is 10.2. The summed E-state index contributed by atoms with van der Waals surface area (Å²) in [4.78, 5) is 28.2. The van der Waals surface area contributed by atoms with Crippen molar-refractivity contribution in [1.29, 1.82) is 0 Å². The fraction of sp³-hybridized carbons (Fsp3) is 0.565. The van der Waals surface area contributed by atoms with Crippen molar-refractivity contribution in [1.82, 2.24) is 14.8 Å². The zero-order valence-corrected chi connectivity index (χ0v) is 18.6. The molecule has 2 aromatic rings. The number of para-hydroxylation sites is 1. The van der Waals surface area contributed by atoms with Crippen LogP contribution < -0.4 is 5.32 Å². The summed E-state index contributed by atoms with van der Waals surface area (Å²) in [5.74, 6) is 0.598. The second kappa shape index (κ2) is 9.43. The Morgan fingerprint density at radius 1 is 1.13 bits per heavy atom. The minimum atomic E-state index is 0.0589. The molecule has 0 unspecified atom stereocenters. The third-order valence-electron chi connectivity index (χ3n) is 5.91. The van der Waals surface area contributed by atoms with Gasteiger partial charge in [-0.1, -0.05) is 31.0 Å². The van der Waals surface area contributed by atoms with E-state index in [0.717, 1.165) is 28.6 Å². The number of morpholine rings is 1. The third-order valence-corrected chi connectivity index (χ3v) is 6.95. The predicted octanol–water partition coefficient (Wildman–Crippen LogP) is 3.43. The molecule has 7 heteroatoms. The third kappa shape index (κ3) is 5.01. The number of thioether (sulfide) groups is 1. The molecule has 1 N–H and O–H groups in total. The Morgan fingerprint density at radius 3 is 2.57 bits per heavy atom. The number of fused-ring (bicyclic) bond motifs is 1. The predicted molar refractivity (Wildman–Crippen MR) is 120 cm³/mol. The molecule has 2 heterocycles. The highest BCUT2D eigenvalue weighted by atomic mass is 32.2. The Bertz CT molecular complexity index is 896. The Labute approximate surface area is 182 Å². The molecule has 1 aromatic heterocycles. The van der Waals surface area contributed by atoms with Crippen molar-refractivity contribution in [3.8, 4) is 0 Å². The van der Waals surface area contributed by atoms with Crippen molar-refractivity contribution in [3.63, 3.8) is 0 Å². The van der Waals surface area contributed by atoms with Gasteiger partial charge < -0.3 is 19.5 Å². The summed E-state index contributed by atoms with van der Waals surface area (Å²) >= 11 is 1.55. The molecular weight excluding hydrogens is 398 g/mol. The van der Waals surface area contributed by atoms with Gasteiger partial charge in [-0.25, -0.2) is 0 Å². The van der Waals surface area contributed by atoms with E-state index in [-0.39, 0.29) is 24.0 Å². The Hall–Kier alpha value is -1.99. The fourth-order valence-corrected chi connectivity index (χ4v) is 5.47.